The molecular weight excluding hydrogens is 296 g/mol. The van der Waals surface area contributed by atoms with Crippen LogP contribution in [0, 0.1) is 0 Å². The molecule has 0 aromatic heterocycles. The van der Waals surface area contributed by atoms with E-state index in [1.165, 1.54) is 11.1 Å². The fraction of sp³-hybridized carbons (Fsp3) is 0.588. The molecule has 6 nitrogen and oxygen atoms in total. The van der Waals surface area contributed by atoms with Crippen LogP contribution >= 0.6 is 0 Å². The number of nitrogens with one attached hydrogen (secondary N) is 1. The zero-order chi connectivity index (χ0) is 16.2. The zero-order valence-electron chi connectivity index (χ0n) is 13.2. The Morgan fingerprint density at radius 1 is 1.35 bits per heavy atom. The molecule has 3 rings (SSSR count). The number of ether oxygens (including phenoxy) is 1. The van der Waals surface area contributed by atoms with E-state index in [-0.39, 0.29) is 25.2 Å². The largest absolute Gasteiger partial charge is 0.395 e. The summed E-state index contributed by atoms with van der Waals surface area (Å²) in [6, 6.07) is 5.69. The quantitative estimate of drug-likeness (QED) is 0.720. The Balaban J connectivity index is 1.65. The lowest BCUT2D eigenvalue weighted by Crippen LogP contribution is -2.53. The number of amides is 1. The van der Waals surface area contributed by atoms with E-state index < -0.39 is 6.10 Å². The highest BCUT2D eigenvalue weighted by atomic mass is 16.5. The number of nitrogens with zero attached hydrogens (tertiary/aromatic N) is 1. The number of hydrogen-bond acceptors (Lipinski definition) is 5. The van der Waals surface area contributed by atoms with Crippen molar-refractivity contribution < 1.29 is 19.7 Å². The predicted octanol–water partition coefficient (Wildman–Crippen LogP) is 0.168. The van der Waals surface area contributed by atoms with Crippen molar-refractivity contribution >= 4 is 11.6 Å². The molecule has 1 aliphatic heterocycles. The van der Waals surface area contributed by atoms with E-state index in [0.717, 1.165) is 24.9 Å². The first kappa shape index (κ1) is 16.4. The molecule has 0 saturated carbocycles. The van der Waals surface area contributed by atoms with E-state index in [1.54, 1.807) is 0 Å². The Labute approximate surface area is 136 Å². The molecule has 1 saturated heterocycles. The minimum Gasteiger partial charge on any atom is -0.395 e. The number of aryl methyl sites for hydroxylation is 1. The highest BCUT2D eigenvalue weighted by molar-refractivity contribution is 5.95. The third-order valence-corrected chi connectivity index (χ3v) is 4.73. The Kier molecular flexibility index (Phi) is 5.27. The number of anilines is 1. The Bertz CT molecular complexity index is 560. The number of fused-ring (bicyclic) bond motifs is 1. The van der Waals surface area contributed by atoms with Crippen LogP contribution in [0.15, 0.2) is 18.2 Å². The summed E-state index contributed by atoms with van der Waals surface area (Å²) in [5.41, 5.74) is 3.43. The molecule has 1 aromatic carbocycles. The summed E-state index contributed by atoms with van der Waals surface area (Å²) < 4.78 is 5.58. The Hall–Kier alpha value is -1.47. The van der Waals surface area contributed by atoms with Crippen LogP contribution in [-0.2, 0) is 22.4 Å². The second-order valence-electron chi connectivity index (χ2n) is 6.16. The highest BCUT2D eigenvalue weighted by Gasteiger charge is 2.30. The van der Waals surface area contributed by atoms with E-state index in [0.29, 0.717) is 19.7 Å². The fourth-order valence-corrected chi connectivity index (χ4v) is 3.40. The summed E-state index contributed by atoms with van der Waals surface area (Å²) in [7, 11) is 0. The molecule has 1 atom stereocenters. The molecule has 1 aliphatic carbocycles. The lowest BCUT2D eigenvalue weighted by Gasteiger charge is -2.36. The van der Waals surface area contributed by atoms with Crippen molar-refractivity contribution in [2.24, 2.45) is 0 Å². The number of carbonyl (C=O) groups is 1. The van der Waals surface area contributed by atoms with Gasteiger partial charge in [-0.15, -0.1) is 0 Å². The molecule has 0 bridgehead atoms. The van der Waals surface area contributed by atoms with E-state index in [4.69, 9.17) is 4.74 Å². The Morgan fingerprint density at radius 3 is 2.96 bits per heavy atom. The molecule has 2 aliphatic rings. The topological polar surface area (TPSA) is 82.0 Å². The van der Waals surface area contributed by atoms with Crippen molar-refractivity contribution in [1.29, 1.82) is 0 Å². The third kappa shape index (κ3) is 3.55. The van der Waals surface area contributed by atoms with Gasteiger partial charge in [-0.25, -0.2) is 0 Å². The number of carbonyl (C=O) groups excluding carboxylic acids is 1. The lowest BCUT2D eigenvalue weighted by atomic mass is 10.1. The van der Waals surface area contributed by atoms with Crippen LogP contribution in [-0.4, -0.2) is 66.1 Å². The SMILES string of the molecule is O=C(Nc1cccc2c1CCC2)[C@@H]1CN(C(CO)CO)CCO1. The van der Waals surface area contributed by atoms with Gasteiger partial charge in [-0.05, 0) is 36.5 Å². The minimum atomic E-state index is -0.582. The molecule has 0 spiro atoms. The van der Waals surface area contributed by atoms with Crippen molar-refractivity contribution in [3.8, 4) is 0 Å². The molecule has 23 heavy (non-hydrogen) atoms. The molecular formula is C17H24N2O4. The van der Waals surface area contributed by atoms with Crippen LogP contribution < -0.4 is 5.32 Å². The predicted molar refractivity (Wildman–Crippen MR) is 86.4 cm³/mol. The van der Waals surface area contributed by atoms with Gasteiger partial charge in [0.05, 0.1) is 25.9 Å². The monoisotopic (exact) mass is 320 g/mol. The van der Waals surface area contributed by atoms with E-state index >= 15 is 0 Å². The number of rotatable bonds is 5. The van der Waals surface area contributed by atoms with Gasteiger partial charge < -0.3 is 20.3 Å². The zero-order valence-corrected chi connectivity index (χ0v) is 13.2. The molecule has 1 aromatic rings. The van der Waals surface area contributed by atoms with Crippen LogP contribution in [0.4, 0.5) is 5.69 Å². The van der Waals surface area contributed by atoms with Gasteiger partial charge in [0.2, 0.25) is 0 Å². The maximum atomic E-state index is 12.5. The minimum absolute atomic E-state index is 0.128. The second-order valence-corrected chi connectivity index (χ2v) is 6.16. The van der Waals surface area contributed by atoms with Gasteiger partial charge in [0.25, 0.3) is 5.91 Å². The van der Waals surface area contributed by atoms with Crippen molar-refractivity contribution in [3.63, 3.8) is 0 Å². The normalized spacial score (nSPS) is 21.4. The summed E-state index contributed by atoms with van der Waals surface area (Å²) in [6.07, 6.45) is 2.62. The summed E-state index contributed by atoms with van der Waals surface area (Å²) in [6.45, 7) is 1.15. The number of hydrogen-bond donors (Lipinski definition) is 3. The van der Waals surface area contributed by atoms with Crippen molar-refractivity contribution in [2.45, 2.75) is 31.4 Å². The van der Waals surface area contributed by atoms with Gasteiger partial charge in [0.1, 0.15) is 6.10 Å². The summed E-state index contributed by atoms with van der Waals surface area (Å²) in [5.74, 6) is -0.162. The van der Waals surface area contributed by atoms with E-state index in [2.05, 4.69) is 11.4 Å². The van der Waals surface area contributed by atoms with Crippen molar-refractivity contribution in [3.05, 3.63) is 29.3 Å². The lowest BCUT2D eigenvalue weighted by molar-refractivity contribution is -0.135. The average Bonchev–Trinajstić information content (AvgIpc) is 3.06. The van der Waals surface area contributed by atoms with E-state index in [1.807, 2.05) is 17.0 Å². The number of morpholine rings is 1. The molecule has 3 N–H and O–H groups in total. The number of aliphatic hydroxyl groups is 2. The van der Waals surface area contributed by atoms with Crippen LogP contribution in [0.3, 0.4) is 0 Å². The first-order valence-electron chi connectivity index (χ1n) is 8.22. The third-order valence-electron chi connectivity index (χ3n) is 4.73. The van der Waals surface area contributed by atoms with Crippen LogP contribution in [0.25, 0.3) is 0 Å². The smallest absolute Gasteiger partial charge is 0.254 e. The second kappa shape index (κ2) is 7.40. The van der Waals surface area contributed by atoms with Crippen molar-refractivity contribution in [2.75, 3.05) is 38.2 Å². The molecule has 0 unspecified atom stereocenters. The summed E-state index contributed by atoms with van der Waals surface area (Å²) in [4.78, 5) is 14.4. The van der Waals surface area contributed by atoms with E-state index in [9.17, 15) is 15.0 Å². The van der Waals surface area contributed by atoms with Gasteiger partial charge in [0, 0.05) is 18.8 Å². The average molecular weight is 320 g/mol. The summed E-state index contributed by atoms with van der Waals surface area (Å²) >= 11 is 0. The van der Waals surface area contributed by atoms with Crippen LogP contribution in [0.5, 0.6) is 0 Å². The van der Waals surface area contributed by atoms with Crippen molar-refractivity contribution in [1.82, 2.24) is 4.90 Å². The standard InChI is InChI=1S/C17H24N2O4/c20-10-13(11-21)19-7-8-23-16(9-19)17(22)18-15-6-2-4-12-3-1-5-14(12)15/h2,4,6,13,16,20-21H,1,3,5,7-11H2,(H,18,22)/t16-/m0/s1. The number of benzene rings is 1. The fourth-order valence-electron chi connectivity index (χ4n) is 3.40. The van der Waals surface area contributed by atoms with Gasteiger partial charge >= 0.3 is 0 Å². The molecule has 0 radical (unpaired) electrons. The maximum absolute atomic E-state index is 12.5. The van der Waals surface area contributed by atoms with Gasteiger partial charge in [0.15, 0.2) is 0 Å². The van der Waals surface area contributed by atoms with Gasteiger partial charge in [-0.2, -0.15) is 0 Å². The molecule has 1 heterocycles. The van der Waals surface area contributed by atoms with Gasteiger partial charge in [-0.3, -0.25) is 9.69 Å². The highest BCUT2D eigenvalue weighted by Crippen LogP contribution is 2.29. The van der Waals surface area contributed by atoms with Crippen LogP contribution in [0.2, 0.25) is 0 Å². The molecule has 1 amide bonds. The summed E-state index contributed by atoms with van der Waals surface area (Å²) in [5, 5.41) is 21.6. The Morgan fingerprint density at radius 2 is 2.17 bits per heavy atom. The van der Waals surface area contributed by atoms with Gasteiger partial charge in [-0.1, -0.05) is 12.1 Å². The van der Waals surface area contributed by atoms with Crippen LogP contribution in [0.1, 0.15) is 17.5 Å². The first-order chi connectivity index (χ1) is 11.2. The molecule has 6 heteroatoms. The molecule has 1 fully saturated rings. The maximum Gasteiger partial charge on any atom is 0.254 e. The number of aliphatic hydroxyl groups excluding tert-OH is 2. The molecule has 126 valence electrons. The first-order valence-corrected chi connectivity index (χ1v) is 8.22.